The van der Waals surface area contributed by atoms with E-state index in [1.165, 1.54) is 34.9 Å². The third-order valence-corrected chi connectivity index (χ3v) is 4.34. The molecule has 0 aliphatic heterocycles. The van der Waals surface area contributed by atoms with Crippen LogP contribution in [0.4, 0.5) is 0 Å². The van der Waals surface area contributed by atoms with Gasteiger partial charge in [-0.25, -0.2) is 4.79 Å². The van der Waals surface area contributed by atoms with Crippen LogP contribution < -0.4 is 0 Å². The van der Waals surface area contributed by atoms with Crippen molar-refractivity contribution in [1.29, 1.82) is 0 Å². The summed E-state index contributed by atoms with van der Waals surface area (Å²) in [5, 5.41) is 0. The number of ether oxygens (including phenoxy) is 1. The van der Waals surface area contributed by atoms with Crippen LogP contribution in [0.2, 0.25) is 0 Å². The third kappa shape index (κ3) is 2.57. The minimum Gasteiger partial charge on any atom is -0.465 e. The number of rotatable bonds is 3. The summed E-state index contributed by atoms with van der Waals surface area (Å²) in [5.74, 6) is -0.279. The summed E-state index contributed by atoms with van der Waals surface area (Å²) in [6.07, 6.45) is 3.16. The van der Waals surface area contributed by atoms with Gasteiger partial charge >= 0.3 is 5.97 Å². The Hall–Kier alpha value is -2.35. The number of esters is 1. The molecule has 112 valence electrons. The largest absolute Gasteiger partial charge is 0.465 e. The third-order valence-electron chi connectivity index (χ3n) is 4.34. The van der Waals surface area contributed by atoms with E-state index in [1.54, 1.807) is 0 Å². The Balaban J connectivity index is 2.19. The number of methoxy groups -OCH3 is 1. The van der Waals surface area contributed by atoms with Gasteiger partial charge in [0.25, 0.3) is 0 Å². The first-order chi connectivity index (χ1) is 10.7. The van der Waals surface area contributed by atoms with Crippen LogP contribution in [0.25, 0.3) is 5.57 Å². The Morgan fingerprint density at radius 1 is 1.09 bits per heavy atom. The molecule has 0 bridgehead atoms. The smallest absolute Gasteiger partial charge is 0.337 e. The Labute approximate surface area is 131 Å². The molecule has 0 radical (unpaired) electrons. The lowest BCUT2D eigenvalue weighted by Crippen LogP contribution is -2.09. The predicted molar refractivity (Wildman–Crippen MR) is 88.9 cm³/mol. The summed E-state index contributed by atoms with van der Waals surface area (Å²) < 4.78 is 4.87. The van der Waals surface area contributed by atoms with Crippen LogP contribution >= 0.6 is 0 Å². The van der Waals surface area contributed by atoms with E-state index in [2.05, 4.69) is 37.3 Å². The van der Waals surface area contributed by atoms with Gasteiger partial charge in [0, 0.05) is 0 Å². The van der Waals surface area contributed by atoms with E-state index >= 15 is 0 Å². The topological polar surface area (TPSA) is 26.3 Å². The molecule has 1 aliphatic rings. The molecule has 2 heteroatoms. The van der Waals surface area contributed by atoms with Gasteiger partial charge in [0.1, 0.15) is 0 Å². The van der Waals surface area contributed by atoms with Crippen LogP contribution in [0.3, 0.4) is 0 Å². The van der Waals surface area contributed by atoms with Crippen molar-refractivity contribution in [2.45, 2.75) is 26.2 Å². The maximum Gasteiger partial charge on any atom is 0.337 e. The SMILES string of the molecule is CCC1=C(c2ccccc2)c2cc(C(=O)OC)ccc2CC1. The van der Waals surface area contributed by atoms with Gasteiger partial charge in [-0.1, -0.05) is 48.9 Å². The fourth-order valence-corrected chi connectivity index (χ4v) is 3.19. The maximum absolute atomic E-state index is 11.9. The Kier molecular flexibility index (Phi) is 4.10. The summed E-state index contributed by atoms with van der Waals surface area (Å²) in [5.41, 5.74) is 7.08. The standard InChI is InChI=1S/C20H20O2/c1-3-14-9-10-15-11-12-17(20(21)22-2)13-18(15)19(14)16-7-5-4-6-8-16/h4-8,11-13H,3,9-10H2,1-2H3. The summed E-state index contributed by atoms with van der Waals surface area (Å²) >= 11 is 0. The van der Waals surface area contributed by atoms with Crippen molar-refractivity contribution < 1.29 is 9.53 Å². The molecule has 0 saturated carbocycles. The molecule has 0 atom stereocenters. The molecule has 2 nitrogen and oxygen atoms in total. The van der Waals surface area contributed by atoms with E-state index in [0.29, 0.717) is 5.56 Å². The second kappa shape index (κ2) is 6.18. The minimum atomic E-state index is -0.279. The second-order valence-electron chi connectivity index (χ2n) is 5.56. The number of fused-ring (bicyclic) bond motifs is 1. The zero-order chi connectivity index (χ0) is 15.5. The van der Waals surface area contributed by atoms with Crippen LogP contribution in [0.5, 0.6) is 0 Å². The Morgan fingerprint density at radius 3 is 2.55 bits per heavy atom. The molecular formula is C20H20O2. The summed E-state index contributed by atoms with van der Waals surface area (Å²) in [6.45, 7) is 2.20. The van der Waals surface area contributed by atoms with Gasteiger partial charge in [0.05, 0.1) is 12.7 Å². The van der Waals surface area contributed by atoms with E-state index in [1.807, 2.05) is 18.2 Å². The molecule has 0 heterocycles. The highest BCUT2D eigenvalue weighted by Crippen LogP contribution is 2.37. The molecule has 2 aromatic rings. The average Bonchev–Trinajstić information content (AvgIpc) is 2.60. The van der Waals surface area contributed by atoms with Crippen molar-refractivity contribution in [3.05, 3.63) is 76.4 Å². The van der Waals surface area contributed by atoms with Crippen molar-refractivity contribution in [2.24, 2.45) is 0 Å². The highest BCUT2D eigenvalue weighted by atomic mass is 16.5. The normalized spacial score (nSPS) is 13.7. The zero-order valence-electron chi connectivity index (χ0n) is 13.1. The van der Waals surface area contributed by atoms with Crippen molar-refractivity contribution in [2.75, 3.05) is 7.11 Å². The zero-order valence-corrected chi connectivity index (χ0v) is 13.1. The first-order valence-electron chi connectivity index (χ1n) is 7.73. The lowest BCUT2D eigenvalue weighted by Gasteiger charge is -2.24. The fourth-order valence-electron chi connectivity index (χ4n) is 3.19. The maximum atomic E-state index is 11.9. The monoisotopic (exact) mass is 292 g/mol. The quantitative estimate of drug-likeness (QED) is 0.771. The average molecular weight is 292 g/mol. The fraction of sp³-hybridized carbons (Fsp3) is 0.250. The number of hydrogen-bond acceptors (Lipinski definition) is 2. The van der Waals surface area contributed by atoms with Crippen molar-refractivity contribution >= 4 is 11.5 Å². The van der Waals surface area contributed by atoms with Crippen LogP contribution in [0, 0.1) is 0 Å². The summed E-state index contributed by atoms with van der Waals surface area (Å²) in [6, 6.07) is 16.4. The van der Waals surface area contributed by atoms with Gasteiger partial charge in [0.15, 0.2) is 0 Å². The molecule has 2 aromatic carbocycles. The van der Waals surface area contributed by atoms with Gasteiger partial charge in [0.2, 0.25) is 0 Å². The molecule has 1 aliphatic carbocycles. The number of aryl methyl sites for hydroxylation is 1. The predicted octanol–water partition coefficient (Wildman–Crippen LogP) is 4.63. The molecule has 0 spiro atoms. The number of hydrogen-bond donors (Lipinski definition) is 0. The lowest BCUT2D eigenvalue weighted by atomic mass is 9.80. The van der Waals surface area contributed by atoms with Crippen molar-refractivity contribution in [1.82, 2.24) is 0 Å². The molecule has 0 unspecified atom stereocenters. The van der Waals surface area contributed by atoms with Gasteiger partial charge in [-0.15, -0.1) is 0 Å². The van der Waals surface area contributed by atoms with E-state index < -0.39 is 0 Å². The number of benzene rings is 2. The molecule has 0 fully saturated rings. The van der Waals surface area contributed by atoms with Crippen LogP contribution in [0.1, 0.15) is 46.8 Å². The molecule has 0 saturated heterocycles. The first kappa shape index (κ1) is 14.6. The minimum absolute atomic E-state index is 0.279. The van der Waals surface area contributed by atoms with Gasteiger partial charge in [-0.3, -0.25) is 0 Å². The molecular weight excluding hydrogens is 272 g/mol. The second-order valence-corrected chi connectivity index (χ2v) is 5.56. The van der Waals surface area contributed by atoms with Gasteiger partial charge in [-0.05, 0) is 53.7 Å². The number of carbonyl (C=O) groups is 1. The van der Waals surface area contributed by atoms with Crippen LogP contribution in [-0.4, -0.2) is 13.1 Å². The molecule has 22 heavy (non-hydrogen) atoms. The van der Waals surface area contributed by atoms with E-state index in [-0.39, 0.29) is 5.97 Å². The highest BCUT2D eigenvalue weighted by molar-refractivity contribution is 5.93. The van der Waals surface area contributed by atoms with Crippen LogP contribution in [-0.2, 0) is 11.2 Å². The van der Waals surface area contributed by atoms with E-state index in [9.17, 15) is 4.79 Å². The van der Waals surface area contributed by atoms with Gasteiger partial charge in [-0.2, -0.15) is 0 Å². The van der Waals surface area contributed by atoms with Crippen LogP contribution in [0.15, 0.2) is 54.1 Å². The molecule has 0 aromatic heterocycles. The lowest BCUT2D eigenvalue weighted by molar-refractivity contribution is 0.0600. The molecule has 3 rings (SSSR count). The Morgan fingerprint density at radius 2 is 1.86 bits per heavy atom. The summed E-state index contributed by atoms with van der Waals surface area (Å²) in [4.78, 5) is 11.9. The number of allylic oxidation sites excluding steroid dienone is 1. The Bertz CT molecular complexity index is 727. The van der Waals surface area contributed by atoms with Gasteiger partial charge < -0.3 is 4.74 Å². The number of carbonyl (C=O) groups excluding carboxylic acids is 1. The van der Waals surface area contributed by atoms with E-state index in [4.69, 9.17) is 4.74 Å². The van der Waals surface area contributed by atoms with Crippen molar-refractivity contribution in [3.63, 3.8) is 0 Å². The first-order valence-corrected chi connectivity index (χ1v) is 7.73. The van der Waals surface area contributed by atoms with Crippen molar-refractivity contribution in [3.8, 4) is 0 Å². The molecule has 0 N–H and O–H groups in total. The van der Waals surface area contributed by atoms with E-state index in [0.717, 1.165) is 19.3 Å². The molecule has 0 amide bonds. The summed E-state index contributed by atoms with van der Waals surface area (Å²) in [7, 11) is 1.42. The highest BCUT2D eigenvalue weighted by Gasteiger charge is 2.21.